The van der Waals surface area contributed by atoms with Crippen molar-refractivity contribution in [3.8, 4) is 11.5 Å². The van der Waals surface area contributed by atoms with Crippen LogP contribution in [0.5, 0.6) is 11.5 Å². The summed E-state index contributed by atoms with van der Waals surface area (Å²) in [4.78, 5) is 28.5. The second kappa shape index (κ2) is 9.76. The zero-order chi connectivity index (χ0) is 23.3. The molecular formula is C23H23F3N2O4. The largest absolute Gasteiger partial charge is 0.493 e. The van der Waals surface area contributed by atoms with Gasteiger partial charge in [0, 0.05) is 31.7 Å². The normalized spacial score (nSPS) is 14.1. The average Bonchev–Trinajstić information content (AvgIpc) is 2.81. The highest BCUT2D eigenvalue weighted by Gasteiger charge is 2.36. The molecule has 1 aliphatic heterocycles. The minimum absolute atomic E-state index is 0.133. The molecule has 3 rings (SSSR count). The fourth-order valence-electron chi connectivity index (χ4n) is 3.45. The fraction of sp³-hybridized carbons (Fsp3) is 0.304. The first kappa shape index (κ1) is 23.2. The van der Waals surface area contributed by atoms with Crippen molar-refractivity contribution in [2.45, 2.75) is 6.18 Å². The van der Waals surface area contributed by atoms with Crippen LogP contribution in [-0.2, 0) is 6.18 Å². The van der Waals surface area contributed by atoms with Crippen LogP contribution in [0, 0.1) is 0 Å². The van der Waals surface area contributed by atoms with Crippen molar-refractivity contribution in [2.24, 2.45) is 0 Å². The van der Waals surface area contributed by atoms with E-state index >= 15 is 0 Å². The first-order valence-corrected chi connectivity index (χ1v) is 9.92. The second-order valence-electron chi connectivity index (χ2n) is 7.09. The van der Waals surface area contributed by atoms with E-state index in [9.17, 15) is 22.8 Å². The van der Waals surface area contributed by atoms with E-state index in [2.05, 4.69) is 6.58 Å². The van der Waals surface area contributed by atoms with Gasteiger partial charge in [0.15, 0.2) is 11.5 Å². The highest BCUT2D eigenvalue weighted by molar-refractivity contribution is 5.97. The number of hydrogen-bond acceptors (Lipinski definition) is 4. The molecule has 6 nitrogen and oxygen atoms in total. The van der Waals surface area contributed by atoms with Crippen molar-refractivity contribution in [1.29, 1.82) is 0 Å². The molecule has 2 amide bonds. The molecule has 0 bridgehead atoms. The van der Waals surface area contributed by atoms with Crippen molar-refractivity contribution >= 4 is 11.8 Å². The van der Waals surface area contributed by atoms with E-state index in [-0.39, 0.29) is 44.3 Å². The van der Waals surface area contributed by atoms with Crippen LogP contribution >= 0.6 is 0 Å². The molecule has 0 aromatic heterocycles. The van der Waals surface area contributed by atoms with E-state index < -0.39 is 17.6 Å². The van der Waals surface area contributed by atoms with Gasteiger partial charge in [0.05, 0.1) is 18.2 Å². The third-order valence-electron chi connectivity index (χ3n) is 5.08. The quantitative estimate of drug-likeness (QED) is 0.630. The Morgan fingerprint density at radius 2 is 1.62 bits per heavy atom. The number of rotatable bonds is 6. The van der Waals surface area contributed by atoms with Gasteiger partial charge in [-0.15, -0.1) is 0 Å². The molecule has 9 heteroatoms. The van der Waals surface area contributed by atoms with Gasteiger partial charge < -0.3 is 19.3 Å². The summed E-state index contributed by atoms with van der Waals surface area (Å²) >= 11 is 0. The molecule has 0 aliphatic carbocycles. The van der Waals surface area contributed by atoms with Gasteiger partial charge >= 0.3 is 6.18 Å². The summed E-state index contributed by atoms with van der Waals surface area (Å²) in [6, 6.07) is 9.52. The van der Waals surface area contributed by atoms with Crippen molar-refractivity contribution in [3.63, 3.8) is 0 Å². The van der Waals surface area contributed by atoms with Crippen molar-refractivity contribution in [1.82, 2.24) is 9.80 Å². The summed E-state index contributed by atoms with van der Waals surface area (Å²) in [5, 5.41) is 0. The molecule has 1 fully saturated rings. The molecule has 0 N–H and O–H groups in total. The Kier molecular flexibility index (Phi) is 7.07. The van der Waals surface area contributed by atoms with Crippen molar-refractivity contribution < 1.29 is 32.2 Å². The number of amides is 2. The van der Waals surface area contributed by atoms with Gasteiger partial charge in [-0.2, -0.15) is 13.2 Å². The lowest BCUT2D eigenvalue weighted by molar-refractivity contribution is -0.138. The number of benzene rings is 2. The Hall–Kier alpha value is -3.49. The molecule has 0 unspecified atom stereocenters. The van der Waals surface area contributed by atoms with Gasteiger partial charge in [-0.05, 0) is 30.3 Å². The summed E-state index contributed by atoms with van der Waals surface area (Å²) in [7, 11) is 1.47. The second-order valence-corrected chi connectivity index (χ2v) is 7.09. The Labute approximate surface area is 183 Å². The molecule has 0 spiro atoms. The third kappa shape index (κ3) is 5.04. The van der Waals surface area contributed by atoms with E-state index in [0.717, 1.165) is 6.07 Å². The van der Waals surface area contributed by atoms with E-state index in [4.69, 9.17) is 9.47 Å². The topological polar surface area (TPSA) is 59.1 Å². The van der Waals surface area contributed by atoms with E-state index in [1.807, 2.05) is 0 Å². The fourth-order valence-corrected chi connectivity index (χ4v) is 3.45. The number of piperazine rings is 1. The molecule has 0 radical (unpaired) electrons. The predicted molar refractivity (Wildman–Crippen MR) is 112 cm³/mol. The molecule has 2 aromatic carbocycles. The SMILES string of the molecule is C=CCOc1ccc(C(=O)N2CCN(C(=O)c3ccccc3C(F)(F)F)CC2)cc1OC. The van der Waals surface area contributed by atoms with Crippen LogP contribution in [0.3, 0.4) is 0 Å². The zero-order valence-electron chi connectivity index (χ0n) is 17.5. The maximum atomic E-state index is 13.2. The van der Waals surface area contributed by atoms with Crippen LogP contribution in [0.4, 0.5) is 13.2 Å². The highest BCUT2D eigenvalue weighted by atomic mass is 19.4. The van der Waals surface area contributed by atoms with Crippen LogP contribution in [0.2, 0.25) is 0 Å². The van der Waals surface area contributed by atoms with Crippen LogP contribution in [0.1, 0.15) is 26.3 Å². The number of halogens is 3. The smallest absolute Gasteiger partial charge is 0.417 e. The maximum absolute atomic E-state index is 13.2. The summed E-state index contributed by atoms with van der Waals surface area (Å²) < 4.78 is 50.5. The monoisotopic (exact) mass is 448 g/mol. The number of ether oxygens (including phenoxy) is 2. The summed E-state index contributed by atoms with van der Waals surface area (Å²) in [5.74, 6) is -0.0882. The Morgan fingerprint density at radius 3 is 2.22 bits per heavy atom. The van der Waals surface area contributed by atoms with Gasteiger partial charge in [-0.3, -0.25) is 9.59 Å². The molecule has 2 aromatic rings. The lowest BCUT2D eigenvalue weighted by Gasteiger charge is -2.35. The van der Waals surface area contributed by atoms with Crippen LogP contribution in [0.25, 0.3) is 0 Å². The standard InChI is InChI=1S/C23H23F3N2O4/c1-3-14-32-19-9-8-16(15-20(19)31-2)21(29)27-10-12-28(13-11-27)22(30)17-6-4-5-7-18(17)23(24,25)26/h3-9,15H,1,10-14H2,2H3. The summed E-state index contributed by atoms with van der Waals surface area (Å²) in [6.45, 7) is 4.55. The Bertz CT molecular complexity index is 999. The van der Waals surface area contributed by atoms with Crippen LogP contribution < -0.4 is 9.47 Å². The summed E-state index contributed by atoms with van der Waals surface area (Å²) in [6.07, 6.45) is -3.03. The maximum Gasteiger partial charge on any atom is 0.417 e. The molecule has 32 heavy (non-hydrogen) atoms. The lowest BCUT2D eigenvalue weighted by Crippen LogP contribution is -2.50. The van der Waals surface area contributed by atoms with E-state index in [0.29, 0.717) is 17.1 Å². The number of methoxy groups -OCH3 is 1. The van der Waals surface area contributed by atoms with E-state index in [1.54, 1.807) is 29.2 Å². The van der Waals surface area contributed by atoms with Gasteiger partial charge in [-0.1, -0.05) is 24.8 Å². The molecule has 1 aliphatic rings. The number of carbonyl (C=O) groups excluding carboxylic acids is 2. The lowest BCUT2D eigenvalue weighted by atomic mass is 10.1. The van der Waals surface area contributed by atoms with Crippen molar-refractivity contribution in [2.75, 3.05) is 39.9 Å². The third-order valence-corrected chi connectivity index (χ3v) is 5.08. The number of hydrogen-bond donors (Lipinski definition) is 0. The molecular weight excluding hydrogens is 425 g/mol. The van der Waals surface area contributed by atoms with Gasteiger partial charge in [0.25, 0.3) is 11.8 Å². The highest BCUT2D eigenvalue weighted by Crippen LogP contribution is 2.33. The number of carbonyl (C=O) groups is 2. The Morgan fingerprint density at radius 1 is 1.00 bits per heavy atom. The first-order valence-electron chi connectivity index (χ1n) is 9.92. The molecule has 0 atom stereocenters. The van der Waals surface area contributed by atoms with Crippen LogP contribution in [-0.4, -0.2) is 61.5 Å². The van der Waals surface area contributed by atoms with Crippen molar-refractivity contribution in [3.05, 3.63) is 71.8 Å². The zero-order valence-corrected chi connectivity index (χ0v) is 17.5. The molecule has 1 saturated heterocycles. The minimum atomic E-state index is -4.62. The van der Waals surface area contributed by atoms with E-state index in [1.165, 1.54) is 30.2 Å². The average molecular weight is 448 g/mol. The summed E-state index contributed by atoms with van der Waals surface area (Å²) in [5.41, 5.74) is -0.969. The van der Waals surface area contributed by atoms with Gasteiger partial charge in [0.1, 0.15) is 6.61 Å². The van der Waals surface area contributed by atoms with Gasteiger partial charge in [-0.25, -0.2) is 0 Å². The minimum Gasteiger partial charge on any atom is -0.493 e. The number of nitrogens with zero attached hydrogens (tertiary/aromatic N) is 2. The number of alkyl halides is 3. The first-order chi connectivity index (χ1) is 15.3. The Balaban J connectivity index is 1.68. The predicted octanol–water partition coefficient (Wildman–Crippen LogP) is 3.88. The van der Waals surface area contributed by atoms with Crippen LogP contribution in [0.15, 0.2) is 55.1 Å². The molecule has 0 saturated carbocycles. The molecule has 170 valence electrons. The molecule has 1 heterocycles. The van der Waals surface area contributed by atoms with Gasteiger partial charge in [0.2, 0.25) is 0 Å².